The van der Waals surface area contributed by atoms with Gasteiger partial charge in [0.25, 0.3) is 5.56 Å². The molecule has 0 saturated carbocycles. The smallest absolute Gasteiger partial charge is 0.422 e. The Morgan fingerprint density at radius 1 is 1.26 bits per heavy atom. The van der Waals surface area contributed by atoms with Crippen LogP contribution < -0.4 is 20.9 Å². The van der Waals surface area contributed by atoms with Crippen molar-refractivity contribution in [2.75, 3.05) is 11.5 Å². The fourth-order valence-corrected chi connectivity index (χ4v) is 4.49. The summed E-state index contributed by atoms with van der Waals surface area (Å²) in [6.07, 6.45) is -3.32. The van der Waals surface area contributed by atoms with Gasteiger partial charge in [0.1, 0.15) is 23.1 Å². The molecule has 4 aromatic rings. The molecule has 0 aliphatic carbocycles. The predicted octanol–water partition coefficient (Wildman–Crippen LogP) is 4.23. The number of thiazole rings is 1. The monoisotopic (exact) mass is 528 g/mol. The van der Waals surface area contributed by atoms with Crippen molar-refractivity contribution in [1.82, 2.24) is 14.1 Å². The number of hydrogen-bond donors (Lipinski definition) is 0. The number of nitrogens with zero attached hydrogens (tertiary/aromatic N) is 4. The maximum absolute atomic E-state index is 12.8. The number of hydrogen-bond acceptors (Lipinski definition) is 7. The first kappa shape index (κ1) is 24.5. The van der Waals surface area contributed by atoms with Gasteiger partial charge in [0, 0.05) is 32.0 Å². The van der Waals surface area contributed by atoms with Crippen LogP contribution in [0.1, 0.15) is 6.92 Å². The van der Waals surface area contributed by atoms with E-state index in [1.54, 1.807) is 5.38 Å². The van der Waals surface area contributed by atoms with Gasteiger partial charge in [0.2, 0.25) is 11.6 Å². The number of benzene rings is 1. The van der Waals surface area contributed by atoms with Gasteiger partial charge in [-0.1, -0.05) is 11.6 Å². The van der Waals surface area contributed by atoms with Gasteiger partial charge in [-0.05, 0) is 18.2 Å². The average molecular weight is 529 g/mol. The fraction of sp³-hybridized carbons (Fsp3) is 0.238. The third-order valence-corrected chi connectivity index (χ3v) is 6.13. The normalized spacial score (nSPS) is 11.7. The summed E-state index contributed by atoms with van der Waals surface area (Å²) < 4.78 is 49.4. The van der Waals surface area contributed by atoms with Crippen molar-refractivity contribution in [1.29, 1.82) is 0 Å². The second-order valence-electron chi connectivity index (χ2n) is 7.43. The molecular weight excluding hydrogens is 513 g/mol. The number of ether oxygens (including phenoxy) is 1. The molecule has 3 heterocycles. The molecule has 0 saturated heterocycles. The average Bonchev–Trinajstić information content (AvgIpc) is 3.43. The molecule has 0 aliphatic rings. The number of amides is 1. The third-order valence-electron chi connectivity index (χ3n) is 5.01. The Balaban J connectivity index is 1.73. The van der Waals surface area contributed by atoms with Crippen LogP contribution in [0, 0.1) is 0 Å². The van der Waals surface area contributed by atoms with Crippen LogP contribution in [0.5, 0.6) is 5.75 Å². The molecule has 3 aromatic heterocycles. The first-order valence-corrected chi connectivity index (χ1v) is 11.1. The molecule has 0 atom stereocenters. The van der Waals surface area contributed by atoms with Crippen LogP contribution in [0.3, 0.4) is 0 Å². The highest BCUT2D eigenvalue weighted by atomic mass is 35.5. The summed E-state index contributed by atoms with van der Waals surface area (Å²) >= 11 is 7.16. The summed E-state index contributed by atoms with van der Waals surface area (Å²) in [4.78, 5) is 43.2. The Morgan fingerprint density at radius 2 is 1.97 bits per heavy atom. The van der Waals surface area contributed by atoms with Crippen LogP contribution in [0.4, 0.5) is 24.0 Å². The number of aromatic nitrogens is 3. The Hall–Kier alpha value is -3.58. The quantitative estimate of drug-likeness (QED) is 0.384. The highest BCUT2D eigenvalue weighted by molar-refractivity contribution is 7.14. The molecule has 1 amide bonds. The molecule has 0 unspecified atom stereocenters. The number of aryl methyl sites for hydroxylation is 1. The van der Waals surface area contributed by atoms with E-state index in [0.717, 1.165) is 20.5 Å². The molecule has 0 radical (unpaired) electrons. The fourth-order valence-electron chi connectivity index (χ4n) is 3.36. The highest BCUT2D eigenvalue weighted by Gasteiger charge is 2.29. The van der Waals surface area contributed by atoms with Crippen molar-refractivity contribution >= 4 is 50.8 Å². The molecule has 35 heavy (non-hydrogen) atoms. The lowest BCUT2D eigenvalue weighted by Crippen LogP contribution is -2.37. The van der Waals surface area contributed by atoms with Gasteiger partial charge < -0.3 is 9.15 Å². The number of anilines is 2. The zero-order valence-corrected chi connectivity index (χ0v) is 19.9. The molecule has 1 aromatic carbocycles. The Kier molecular flexibility index (Phi) is 6.23. The number of alkyl halides is 3. The van der Waals surface area contributed by atoms with Crippen LogP contribution in [0.2, 0.25) is 5.02 Å². The minimum absolute atomic E-state index is 0.00245. The van der Waals surface area contributed by atoms with E-state index in [0.29, 0.717) is 11.3 Å². The summed E-state index contributed by atoms with van der Waals surface area (Å²) in [5.74, 6) is -0.613. The SMILES string of the molecule is CC(=O)N(c1nc(-c2ccc(OCC(F)(F)F)c(Cl)c2)cs1)c1coc2c1c(=O)n(C)c(=O)n2C. The number of carbonyl (C=O) groups excluding carboxylic acids is 1. The van der Waals surface area contributed by atoms with Crippen molar-refractivity contribution in [2.45, 2.75) is 13.1 Å². The minimum atomic E-state index is -4.51. The van der Waals surface area contributed by atoms with E-state index < -0.39 is 29.9 Å². The van der Waals surface area contributed by atoms with Gasteiger partial charge in [-0.15, -0.1) is 11.3 Å². The highest BCUT2D eigenvalue weighted by Crippen LogP contribution is 2.37. The predicted molar refractivity (Wildman–Crippen MR) is 124 cm³/mol. The van der Waals surface area contributed by atoms with Gasteiger partial charge in [-0.2, -0.15) is 13.2 Å². The maximum atomic E-state index is 12.8. The van der Waals surface area contributed by atoms with Crippen LogP contribution in [0.25, 0.3) is 22.4 Å². The Morgan fingerprint density at radius 3 is 2.60 bits per heavy atom. The summed E-state index contributed by atoms with van der Waals surface area (Å²) in [5, 5.41) is 1.79. The lowest BCUT2D eigenvalue weighted by Gasteiger charge is -2.16. The van der Waals surface area contributed by atoms with Crippen LogP contribution in [0.15, 0.2) is 43.8 Å². The lowest BCUT2D eigenvalue weighted by molar-refractivity contribution is -0.153. The Bertz CT molecular complexity index is 1570. The maximum Gasteiger partial charge on any atom is 0.422 e. The third kappa shape index (κ3) is 4.56. The molecule has 0 fully saturated rings. The van der Waals surface area contributed by atoms with Gasteiger partial charge in [0.15, 0.2) is 11.7 Å². The number of carbonyl (C=O) groups is 1. The topological polar surface area (TPSA) is 99.6 Å². The lowest BCUT2D eigenvalue weighted by atomic mass is 10.2. The van der Waals surface area contributed by atoms with Crippen molar-refractivity contribution in [2.24, 2.45) is 14.1 Å². The zero-order valence-electron chi connectivity index (χ0n) is 18.3. The second kappa shape index (κ2) is 8.89. The van der Waals surface area contributed by atoms with E-state index >= 15 is 0 Å². The van der Waals surface area contributed by atoms with E-state index in [2.05, 4.69) is 4.98 Å². The summed E-state index contributed by atoms with van der Waals surface area (Å²) in [7, 11) is 2.75. The molecule has 0 N–H and O–H groups in total. The molecule has 0 aliphatic heterocycles. The van der Waals surface area contributed by atoms with Gasteiger partial charge in [-0.25, -0.2) is 9.78 Å². The van der Waals surface area contributed by atoms with Crippen molar-refractivity contribution < 1.29 is 27.1 Å². The van der Waals surface area contributed by atoms with Crippen molar-refractivity contribution in [3.63, 3.8) is 0 Å². The van der Waals surface area contributed by atoms with Crippen LogP contribution >= 0.6 is 22.9 Å². The molecule has 9 nitrogen and oxygen atoms in total. The molecule has 14 heteroatoms. The zero-order chi connectivity index (χ0) is 25.7. The van der Waals surface area contributed by atoms with E-state index in [4.69, 9.17) is 20.8 Å². The van der Waals surface area contributed by atoms with Crippen LogP contribution in [-0.4, -0.2) is 32.8 Å². The Labute approximate surface area is 203 Å². The van der Waals surface area contributed by atoms with Crippen molar-refractivity contribution in [3.05, 3.63) is 55.7 Å². The summed E-state index contributed by atoms with van der Waals surface area (Å²) in [6.45, 7) is -0.208. The molecule has 0 bridgehead atoms. The first-order valence-electron chi connectivity index (χ1n) is 9.82. The van der Waals surface area contributed by atoms with Gasteiger partial charge >= 0.3 is 11.9 Å². The summed E-state index contributed by atoms with van der Waals surface area (Å²) in [5.41, 5.74) is -0.273. The molecule has 4 rings (SSSR count). The molecule has 0 spiro atoms. The standard InChI is InChI=1S/C21H16ClF3N4O5S/c1-10(30)29(14-7-33-18-16(14)17(31)27(2)20(32)28(18)3)19-26-13(8-35-19)11-4-5-15(12(22)6-11)34-9-21(23,24)25/h4-8H,9H2,1-3H3. The van der Waals surface area contributed by atoms with E-state index in [1.807, 2.05) is 0 Å². The van der Waals surface area contributed by atoms with E-state index in [9.17, 15) is 27.6 Å². The minimum Gasteiger partial charge on any atom is -0.483 e. The first-order chi connectivity index (χ1) is 16.4. The van der Waals surface area contributed by atoms with Gasteiger partial charge in [-0.3, -0.25) is 23.6 Å². The molecular formula is C21H16ClF3N4O5S. The number of furan rings is 1. The van der Waals surface area contributed by atoms with E-state index in [1.165, 1.54) is 50.4 Å². The van der Waals surface area contributed by atoms with Crippen molar-refractivity contribution in [3.8, 4) is 17.0 Å². The van der Waals surface area contributed by atoms with Gasteiger partial charge in [0.05, 0.1) is 10.7 Å². The second-order valence-corrected chi connectivity index (χ2v) is 8.67. The number of halogens is 4. The number of rotatable bonds is 5. The van der Waals surface area contributed by atoms with E-state index in [-0.39, 0.29) is 32.7 Å². The van der Waals surface area contributed by atoms with Crippen LogP contribution in [-0.2, 0) is 18.9 Å². The number of fused-ring (bicyclic) bond motifs is 1. The molecule has 184 valence electrons. The summed E-state index contributed by atoms with van der Waals surface area (Å²) in [6, 6.07) is 4.16. The largest absolute Gasteiger partial charge is 0.483 e.